The standard InChI is InChI=1S/C16H17NO/c1-12-3-5-14(6-4-12)11-18-16-9-7-15(8-10-16)13(2)17/h3-10,17H,11H2,1-2H3/p+1. The summed E-state index contributed by atoms with van der Waals surface area (Å²) in [5, 5.41) is 5.72. The molecular formula is C16H18NO+. The van der Waals surface area contributed by atoms with Gasteiger partial charge in [-0.1, -0.05) is 29.8 Å². The van der Waals surface area contributed by atoms with Crippen molar-refractivity contribution in [2.45, 2.75) is 20.5 Å². The van der Waals surface area contributed by atoms with Crippen LogP contribution in [0.3, 0.4) is 0 Å². The van der Waals surface area contributed by atoms with Gasteiger partial charge in [0.15, 0.2) is 5.71 Å². The third-order valence-electron chi connectivity index (χ3n) is 2.84. The first-order valence-corrected chi connectivity index (χ1v) is 6.03. The van der Waals surface area contributed by atoms with E-state index in [1.807, 2.05) is 31.2 Å². The first kappa shape index (κ1) is 12.4. The molecule has 2 aromatic carbocycles. The van der Waals surface area contributed by atoms with Crippen LogP contribution in [0, 0.1) is 6.92 Å². The zero-order valence-corrected chi connectivity index (χ0v) is 10.8. The Balaban J connectivity index is 1.97. The Morgan fingerprint density at radius 3 is 2.17 bits per heavy atom. The van der Waals surface area contributed by atoms with Crippen LogP contribution in [-0.4, -0.2) is 5.71 Å². The molecule has 2 rings (SSSR count). The van der Waals surface area contributed by atoms with Gasteiger partial charge in [0, 0.05) is 12.5 Å². The summed E-state index contributed by atoms with van der Waals surface area (Å²) in [4.78, 5) is 0. The van der Waals surface area contributed by atoms with E-state index in [0.717, 1.165) is 17.0 Å². The van der Waals surface area contributed by atoms with Gasteiger partial charge in [-0.05, 0) is 36.8 Å². The van der Waals surface area contributed by atoms with Crippen LogP contribution in [0.4, 0.5) is 0 Å². The predicted octanol–water partition coefficient (Wildman–Crippen LogP) is 2.14. The number of hydrogen-bond donors (Lipinski definition) is 1. The average molecular weight is 240 g/mol. The molecule has 0 heterocycles. The van der Waals surface area contributed by atoms with Gasteiger partial charge in [0.05, 0.1) is 0 Å². The second-order valence-electron chi connectivity index (χ2n) is 4.48. The van der Waals surface area contributed by atoms with Gasteiger partial charge in [-0.15, -0.1) is 0 Å². The second kappa shape index (κ2) is 5.50. The lowest BCUT2D eigenvalue weighted by Gasteiger charge is -2.06. The van der Waals surface area contributed by atoms with Gasteiger partial charge < -0.3 is 4.74 Å². The van der Waals surface area contributed by atoms with Crippen molar-refractivity contribution in [2.24, 2.45) is 0 Å². The molecule has 0 unspecified atom stereocenters. The fourth-order valence-corrected chi connectivity index (χ4v) is 1.67. The van der Waals surface area contributed by atoms with E-state index in [9.17, 15) is 0 Å². The van der Waals surface area contributed by atoms with Crippen LogP contribution in [0.25, 0.3) is 0 Å². The van der Waals surface area contributed by atoms with E-state index < -0.39 is 0 Å². The molecule has 92 valence electrons. The highest BCUT2D eigenvalue weighted by atomic mass is 16.5. The zero-order valence-electron chi connectivity index (χ0n) is 10.8. The molecule has 18 heavy (non-hydrogen) atoms. The van der Waals surface area contributed by atoms with E-state index in [2.05, 4.69) is 31.2 Å². The maximum Gasteiger partial charge on any atom is 0.176 e. The maximum atomic E-state index is 5.72. The molecule has 0 saturated carbocycles. The van der Waals surface area contributed by atoms with E-state index in [4.69, 9.17) is 10.1 Å². The Labute approximate surface area is 108 Å². The van der Waals surface area contributed by atoms with Gasteiger partial charge in [-0.2, -0.15) is 0 Å². The van der Waals surface area contributed by atoms with Crippen LogP contribution >= 0.6 is 0 Å². The lowest BCUT2D eigenvalue weighted by atomic mass is 10.1. The SMILES string of the molecule is CC(=[NH2+])c1ccc(OCc2ccc(C)cc2)cc1. The Hall–Kier alpha value is -2.09. The van der Waals surface area contributed by atoms with Gasteiger partial charge in [-0.3, -0.25) is 5.41 Å². The molecule has 0 atom stereocenters. The number of nitrogens with two attached hydrogens (primary N) is 1. The molecule has 0 fully saturated rings. The van der Waals surface area contributed by atoms with Gasteiger partial charge in [0.25, 0.3) is 0 Å². The van der Waals surface area contributed by atoms with Crippen LogP contribution in [-0.2, 0) is 6.61 Å². The Morgan fingerprint density at radius 2 is 1.61 bits per heavy atom. The minimum absolute atomic E-state index is 0.588. The van der Waals surface area contributed by atoms with Crippen molar-refractivity contribution in [1.29, 1.82) is 0 Å². The van der Waals surface area contributed by atoms with Crippen molar-refractivity contribution in [3.63, 3.8) is 0 Å². The topological polar surface area (TPSA) is 34.8 Å². The Kier molecular flexibility index (Phi) is 3.78. The molecule has 2 aromatic rings. The fraction of sp³-hybridized carbons (Fsp3) is 0.188. The first-order valence-electron chi connectivity index (χ1n) is 6.03. The number of benzene rings is 2. The van der Waals surface area contributed by atoms with Crippen LogP contribution in [0.15, 0.2) is 48.5 Å². The third-order valence-corrected chi connectivity index (χ3v) is 2.84. The van der Waals surface area contributed by atoms with Crippen LogP contribution in [0.2, 0.25) is 0 Å². The minimum atomic E-state index is 0.588. The summed E-state index contributed by atoms with van der Waals surface area (Å²) in [5.74, 6) is 0.862. The number of hydrogen-bond acceptors (Lipinski definition) is 1. The summed E-state index contributed by atoms with van der Waals surface area (Å²) in [6, 6.07) is 16.2. The fourth-order valence-electron chi connectivity index (χ4n) is 1.67. The molecule has 0 spiro atoms. The molecule has 0 aliphatic rings. The molecule has 2 N–H and O–H groups in total. The van der Waals surface area contributed by atoms with Crippen molar-refractivity contribution in [3.05, 3.63) is 65.2 Å². The summed E-state index contributed by atoms with van der Waals surface area (Å²) in [7, 11) is 0. The number of ether oxygens (including phenoxy) is 1. The normalized spacial score (nSPS) is 10.1. The molecule has 0 radical (unpaired) electrons. The lowest BCUT2D eigenvalue weighted by Crippen LogP contribution is -2.37. The zero-order chi connectivity index (χ0) is 13.0. The van der Waals surface area contributed by atoms with Crippen molar-refractivity contribution in [1.82, 2.24) is 0 Å². The van der Waals surface area contributed by atoms with E-state index >= 15 is 0 Å². The maximum absolute atomic E-state index is 5.72. The highest BCUT2D eigenvalue weighted by Crippen LogP contribution is 2.14. The van der Waals surface area contributed by atoms with Gasteiger partial charge >= 0.3 is 0 Å². The molecule has 0 aliphatic carbocycles. The molecule has 0 aromatic heterocycles. The van der Waals surface area contributed by atoms with Crippen LogP contribution in [0.5, 0.6) is 5.75 Å². The van der Waals surface area contributed by atoms with Gasteiger partial charge in [0.1, 0.15) is 12.4 Å². The summed E-state index contributed by atoms with van der Waals surface area (Å²) < 4.78 is 5.72. The Morgan fingerprint density at radius 1 is 1.00 bits per heavy atom. The molecular weight excluding hydrogens is 222 g/mol. The number of aryl methyl sites for hydroxylation is 1. The van der Waals surface area contributed by atoms with Crippen molar-refractivity contribution < 1.29 is 10.1 Å². The lowest BCUT2D eigenvalue weighted by molar-refractivity contribution is -0.113. The largest absolute Gasteiger partial charge is 0.489 e. The molecule has 2 nitrogen and oxygen atoms in total. The van der Waals surface area contributed by atoms with E-state index in [0.29, 0.717) is 6.61 Å². The predicted molar refractivity (Wildman–Crippen MR) is 73.7 cm³/mol. The average Bonchev–Trinajstić information content (AvgIpc) is 2.38. The monoisotopic (exact) mass is 240 g/mol. The molecule has 2 heteroatoms. The third kappa shape index (κ3) is 3.20. The van der Waals surface area contributed by atoms with E-state index in [1.54, 1.807) is 0 Å². The second-order valence-corrected chi connectivity index (χ2v) is 4.48. The van der Waals surface area contributed by atoms with E-state index in [1.165, 1.54) is 11.1 Å². The van der Waals surface area contributed by atoms with E-state index in [-0.39, 0.29) is 0 Å². The summed E-state index contributed by atoms with van der Waals surface area (Å²) in [6.45, 7) is 4.56. The quantitative estimate of drug-likeness (QED) is 0.816. The summed E-state index contributed by atoms with van der Waals surface area (Å²) in [6.07, 6.45) is 0. The molecule has 0 saturated heterocycles. The number of rotatable bonds is 4. The molecule has 0 amide bonds. The molecule has 0 bridgehead atoms. The van der Waals surface area contributed by atoms with Crippen molar-refractivity contribution in [2.75, 3.05) is 0 Å². The van der Waals surface area contributed by atoms with Crippen LogP contribution < -0.4 is 10.1 Å². The highest BCUT2D eigenvalue weighted by Gasteiger charge is 2.00. The Bertz CT molecular complexity index is 526. The summed E-state index contributed by atoms with van der Waals surface area (Å²) >= 11 is 0. The minimum Gasteiger partial charge on any atom is -0.489 e. The summed E-state index contributed by atoms with van der Waals surface area (Å²) in [5.41, 5.74) is 4.29. The highest BCUT2D eigenvalue weighted by molar-refractivity contribution is 5.93. The van der Waals surface area contributed by atoms with Crippen molar-refractivity contribution in [3.8, 4) is 5.75 Å². The smallest absolute Gasteiger partial charge is 0.176 e. The van der Waals surface area contributed by atoms with Gasteiger partial charge in [-0.25, -0.2) is 0 Å². The first-order chi connectivity index (χ1) is 8.65. The molecule has 0 aliphatic heterocycles. The van der Waals surface area contributed by atoms with Crippen LogP contribution in [0.1, 0.15) is 23.6 Å². The van der Waals surface area contributed by atoms with Crippen molar-refractivity contribution >= 4 is 5.71 Å². The van der Waals surface area contributed by atoms with Gasteiger partial charge in [0.2, 0.25) is 0 Å².